The number of halogens is 4. The van der Waals surface area contributed by atoms with Gasteiger partial charge in [0.15, 0.2) is 13.2 Å². The molecule has 0 radical (unpaired) electrons. The van der Waals surface area contributed by atoms with Crippen LogP contribution in [0.5, 0.6) is 0 Å². The topological polar surface area (TPSA) is 214 Å². The number of ether oxygens (including phenoxy) is 4. The van der Waals surface area contributed by atoms with E-state index in [4.69, 9.17) is 18.6 Å². The zero-order chi connectivity index (χ0) is 38.3. The summed E-state index contributed by atoms with van der Waals surface area (Å²) in [4.78, 5) is 49.2. The van der Waals surface area contributed by atoms with Gasteiger partial charge in [0.05, 0.1) is 0 Å². The molecular weight excluding hydrogens is 748 g/mol. The van der Waals surface area contributed by atoms with Crippen LogP contribution < -0.4 is 0 Å². The molecule has 294 valence electrons. The second-order valence-corrected chi connectivity index (χ2v) is 19.0. The van der Waals surface area contributed by atoms with Crippen molar-refractivity contribution in [1.29, 1.82) is 0 Å². The van der Waals surface area contributed by atoms with E-state index in [0.717, 1.165) is 25.7 Å². The highest BCUT2D eigenvalue weighted by molar-refractivity contribution is 7.88. The molecule has 20 heteroatoms. The fourth-order valence-electron chi connectivity index (χ4n) is 11.9. The molecule has 8 aliphatic rings. The fraction of sp³-hybridized carbons (Fsp3) is 0.875. The van der Waals surface area contributed by atoms with Crippen LogP contribution in [0.15, 0.2) is 0 Å². The molecule has 2 N–H and O–H groups in total. The highest BCUT2D eigenvalue weighted by Crippen LogP contribution is 2.73. The van der Waals surface area contributed by atoms with E-state index in [2.05, 4.69) is 9.47 Å². The number of hydrogen-bond acceptors (Lipinski definition) is 12. The van der Waals surface area contributed by atoms with E-state index in [1.165, 1.54) is 0 Å². The average Bonchev–Trinajstić information content (AvgIpc) is 3.01. The predicted octanol–water partition coefficient (Wildman–Crippen LogP) is 4.07. The summed E-state index contributed by atoms with van der Waals surface area (Å²) in [6, 6.07) is 0. The maximum absolute atomic E-state index is 13.7. The molecule has 0 aromatic carbocycles. The molecule has 8 rings (SSSR count). The minimum absolute atomic E-state index is 0.0760. The second-order valence-electron chi connectivity index (χ2n) is 16.0. The summed E-state index contributed by atoms with van der Waals surface area (Å²) in [7, 11) is -12.2. The van der Waals surface area contributed by atoms with Gasteiger partial charge in [-0.2, -0.15) is 34.4 Å². The molecule has 8 fully saturated rings. The Kier molecular flexibility index (Phi) is 9.80. The van der Waals surface area contributed by atoms with Gasteiger partial charge in [-0.05, 0) is 124 Å². The lowest BCUT2D eigenvalue weighted by Gasteiger charge is -2.70. The van der Waals surface area contributed by atoms with Crippen molar-refractivity contribution in [2.75, 3.05) is 13.2 Å². The lowest BCUT2D eigenvalue weighted by molar-refractivity contribution is -0.262. The van der Waals surface area contributed by atoms with Gasteiger partial charge in [-0.25, -0.2) is 19.2 Å². The largest absolute Gasteiger partial charge is 0.465 e. The normalized spacial score (nSPS) is 37.8. The molecule has 52 heavy (non-hydrogen) atoms. The SMILES string of the molecule is CCCCC1(OC(=O)COC(=O)C(F)(F)S(=O)(=O)O)C2CC3CC1CC(C2)C3C12CC3CC(CC(OC(=O)COC(=O)C(F)(F)S(=O)(=O)O)(C3)C1)C2. The minimum atomic E-state index is -6.11. The Morgan fingerprint density at radius 1 is 0.712 bits per heavy atom. The molecule has 14 nitrogen and oxygen atoms in total. The number of rotatable bonds is 14. The van der Waals surface area contributed by atoms with Crippen molar-refractivity contribution in [3.63, 3.8) is 0 Å². The maximum atomic E-state index is 13.7. The third-order valence-electron chi connectivity index (χ3n) is 12.8. The highest BCUT2D eigenvalue weighted by Gasteiger charge is 2.69. The molecule has 8 bridgehead atoms. The van der Waals surface area contributed by atoms with Crippen LogP contribution in [0.3, 0.4) is 0 Å². The number of hydrogen-bond donors (Lipinski definition) is 2. The predicted molar refractivity (Wildman–Crippen MR) is 165 cm³/mol. The van der Waals surface area contributed by atoms with Crippen LogP contribution in [0.1, 0.15) is 90.4 Å². The summed E-state index contributed by atoms with van der Waals surface area (Å²) in [6.45, 7) is -0.552. The average molecular weight is 791 g/mol. The van der Waals surface area contributed by atoms with Gasteiger partial charge in [0.25, 0.3) is 0 Å². The Labute approximate surface area is 297 Å². The first-order valence-corrected chi connectivity index (χ1v) is 20.3. The number of alkyl halides is 4. The summed E-state index contributed by atoms with van der Waals surface area (Å²) >= 11 is 0. The van der Waals surface area contributed by atoms with Crippen molar-refractivity contribution in [2.45, 2.75) is 112 Å². The Balaban J connectivity index is 1.14. The van der Waals surface area contributed by atoms with Crippen LogP contribution in [-0.2, 0) is 58.4 Å². The summed E-state index contributed by atoms with van der Waals surface area (Å²) in [5.74, 6) is -6.36. The second kappa shape index (κ2) is 13.0. The maximum Gasteiger partial charge on any atom is 0.465 e. The molecule has 2 atom stereocenters. The zero-order valence-corrected chi connectivity index (χ0v) is 29.9. The molecule has 0 aromatic heterocycles. The van der Waals surface area contributed by atoms with E-state index in [-0.39, 0.29) is 46.8 Å². The Hall–Kier alpha value is -2.58. The molecule has 8 aliphatic carbocycles. The first-order valence-electron chi connectivity index (χ1n) is 17.5. The van der Waals surface area contributed by atoms with Crippen LogP contribution in [0.4, 0.5) is 17.6 Å². The van der Waals surface area contributed by atoms with Gasteiger partial charge in [-0.15, -0.1) is 0 Å². The standard InChI is InChI=1S/C32H42F4O14S2/c1-2-3-4-30(50-24(38)15-48-27(40)32(35,36)52(44,45)46)21-6-19-7-22(30)9-20(8-21)25(19)28-10-17-5-18(11-28)13-29(12-17,16-28)49-23(37)14-47-26(39)31(33,34)51(41,42)43/h17-22,25H,2-16H2,1H3,(H,41,42,43)(H,44,45,46). The third kappa shape index (κ3) is 6.60. The molecule has 0 spiro atoms. The first-order chi connectivity index (χ1) is 24.0. The summed E-state index contributed by atoms with van der Waals surface area (Å²) in [5, 5.41) is -10.5. The fourth-order valence-corrected chi connectivity index (χ4v) is 12.5. The molecule has 0 amide bonds. The quantitative estimate of drug-likeness (QED) is 0.110. The first kappa shape index (κ1) is 39.1. The van der Waals surface area contributed by atoms with E-state index in [1.807, 2.05) is 6.92 Å². The monoisotopic (exact) mass is 790 g/mol. The van der Waals surface area contributed by atoms with Gasteiger partial charge < -0.3 is 18.9 Å². The van der Waals surface area contributed by atoms with Crippen molar-refractivity contribution < 1.29 is 81.6 Å². The highest BCUT2D eigenvalue weighted by atomic mass is 32.2. The van der Waals surface area contributed by atoms with Crippen molar-refractivity contribution in [3.8, 4) is 0 Å². The Bertz CT molecular complexity index is 1670. The molecule has 0 aliphatic heterocycles. The molecular formula is C32H42F4O14S2. The molecule has 2 unspecified atom stereocenters. The van der Waals surface area contributed by atoms with Crippen LogP contribution in [0.2, 0.25) is 0 Å². The van der Waals surface area contributed by atoms with Crippen molar-refractivity contribution in [2.24, 2.45) is 46.8 Å². The third-order valence-corrected chi connectivity index (χ3v) is 14.5. The van der Waals surface area contributed by atoms with E-state index in [9.17, 15) is 53.6 Å². The van der Waals surface area contributed by atoms with Crippen molar-refractivity contribution in [3.05, 3.63) is 0 Å². The van der Waals surface area contributed by atoms with E-state index < -0.39 is 79.0 Å². The summed E-state index contributed by atoms with van der Waals surface area (Å²) in [5.41, 5.74) is -2.06. The minimum Gasteiger partial charge on any atom is -0.457 e. The van der Waals surface area contributed by atoms with Gasteiger partial charge >= 0.3 is 54.6 Å². The van der Waals surface area contributed by atoms with Crippen molar-refractivity contribution >= 4 is 44.1 Å². The number of unbranched alkanes of at least 4 members (excludes halogenated alkanes) is 1. The Morgan fingerprint density at radius 2 is 1.15 bits per heavy atom. The van der Waals surface area contributed by atoms with Gasteiger partial charge in [-0.1, -0.05) is 13.3 Å². The lowest BCUT2D eigenvalue weighted by atomic mass is 9.36. The number of carbonyl (C=O) groups is 4. The van der Waals surface area contributed by atoms with Crippen molar-refractivity contribution in [1.82, 2.24) is 0 Å². The number of esters is 4. The van der Waals surface area contributed by atoms with E-state index >= 15 is 0 Å². The van der Waals surface area contributed by atoms with Gasteiger partial charge in [0, 0.05) is 0 Å². The summed E-state index contributed by atoms with van der Waals surface area (Å²) in [6.07, 6.45) is 9.20. The van der Waals surface area contributed by atoms with Crippen LogP contribution in [-0.4, -0.2) is 84.7 Å². The smallest absolute Gasteiger partial charge is 0.457 e. The van der Waals surface area contributed by atoms with E-state index in [0.29, 0.717) is 57.8 Å². The van der Waals surface area contributed by atoms with E-state index in [1.54, 1.807) is 0 Å². The van der Waals surface area contributed by atoms with Gasteiger partial charge in [0.2, 0.25) is 0 Å². The van der Waals surface area contributed by atoms with Gasteiger partial charge in [-0.3, -0.25) is 9.11 Å². The molecule has 0 heterocycles. The molecule has 0 aromatic rings. The zero-order valence-electron chi connectivity index (χ0n) is 28.3. The van der Waals surface area contributed by atoms with Crippen LogP contribution in [0.25, 0.3) is 0 Å². The Morgan fingerprint density at radius 3 is 1.58 bits per heavy atom. The molecule has 8 saturated carbocycles. The van der Waals surface area contributed by atoms with Gasteiger partial charge in [0.1, 0.15) is 11.2 Å². The molecule has 0 saturated heterocycles. The summed E-state index contributed by atoms with van der Waals surface area (Å²) < 4.78 is 136. The lowest BCUT2D eigenvalue weighted by Crippen LogP contribution is -2.67. The van der Waals surface area contributed by atoms with Crippen LogP contribution >= 0.6 is 0 Å². The number of carbonyl (C=O) groups excluding carboxylic acids is 4. The van der Waals surface area contributed by atoms with Crippen LogP contribution in [0, 0.1) is 46.8 Å².